The van der Waals surface area contributed by atoms with E-state index in [-0.39, 0.29) is 0 Å². The minimum Gasteiger partial charge on any atom is -0.468 e. The van der Waals surface area contributed by atoms with Crippen LogP contribution in [0.5, 0.6) is 5.75 Å². The molecule has 2 rings (SSSR count). The van der Waals surface area contributed by atoms with Crippen molar-refractivity contribution in [1.82, 2.24) is 5.32 Å². The van der Waals surface area contributed by atoms with Crippen LogP contribution in [-0.4, -0.2) is 20.4 Å². The highest BCUT2D eigenvalue weighted by atomic mass is 16.7. The molecule has 1 unspecified atom stereocenters. The van der Waals surface area contributed by atoms with Gasteiger partial charge in [0.15, 0.2) is 6.79 Å². The summed E-state index contributed by atoms with van der Waals surface area (Å²) < 4.78 is 10.7. The van der Waals surface area contributed by atoms with Gasteiger partial charge in [0.1, 0.15) is 5.75 Å². The van der Waals surface area contributed by atoms with Gasteiger partial charge in [-0.25, -0.2) is 0 Å². The van der Waals surface area contributed by atoms with Crippen LogP contribution in [0.4, 0.5) is 0 Å². The van der Waals surface area contributed by atoms with E-state index in [1.807, 2.05) is 20.0 Å². The smallest absolute Gasteiger partial charge is 0.189 e. The van der Waals surface area contributed by atoms with E-state index in [0.717, 1.165) is 12.2 Å². The van der Waals surface area contributed by atoms with E-state index in [2.05, 4.69) is 17.4 Å². The second-order valence-corrected chi connectivity index (χ2v) is 4.35. The predicted molar refractivity (Wildman–Crippen MR) is 68.3 cm³/mol. The molecule has 1 N–H and O–H groups in total. The first kappa shape index (κ1) is 12.4. The second kappa shape index (κ2) is 6.03. The van der Waals surface area contributed by atoms with Crippen molar-refractivity contribution in [3.05, 3.63) is 29.3 Å². The Labute approximate surface area is 103 Å². The third kappa shape index (κ3) is 2.99. The van der Waals surface area contributed by atoms with Crippen molar-refractivity contribution < 1.29 is 9.47 Å². The Morgan fingerprint density at radius 2 is 2.29 bits per heavy atom. The van der Waals surface area contributed by atoms with E-state index in [1.165, 1.54) is 24.0 Å². The van der Waals surface area contributed by atoms with Crippen LogP contribution in [0.25, 0.3) is 0 Å². The topological polar surface area (TPSA) is 30.5 Å². The zero-order chi connectivity index (χ0) is 12.1. The van der Waals surface area contributed by atoms with Crippen LogP contribution in [0.3, 0.4) is 0 Å². The minimum absolute atomic E-state index is 0.338. The summed E-state index contributed by atoms with van der Waals surface area (Å²) in [7, 11) is 2.03. The molecule has 0 bridgehead atoms. The van der Waals surface area contributed by atoms with Crippen LogP contribution >= 0.6 is 0 Å². The van der Waals surface area contributed by atoms with E-state index in [0.29, 0.717) is 19.4 Å². The number of benzene rings is 1. The van der Waals surface area contributed by atoms with Gasteiger partial charge in [0.2, 0.25) is 0 Å². The third-order valence-corrected chi connectivity index (χ3v) is 3.29. The molecule has 1 aliphatic rings. The summed E-state index contributed by atoms with van der Waals surface area (Å²) in [5, 5.41) is 3.37. The molecule has 0 saturated heterocycles. The standard InChI is InChI=1S/C14H21NO2/c1-3-16-10-17-12-7-8-13-11(9-12)5-4-6-14(13)15-2/h7-9,14-15H,3-6,10H2,1-2H3. The van der Waals surface area contributed by atoms with Crippen LogP contribution in [-0.2, 0) is 11.2 Å². The van der Waals surface area contributed by atoms with Crippen molar-refractivity contribution in [3.63, 3.8) is 0 Å². The monoisotopic (exact) mass is 235 g/mol. The molecule has 1 aromatic carbocycles. The largest absolute Gasteiger partial charge is 0.468 e. The lowest BCUT2D eigenvalue weighted by molar-refractivity contribution is 0.0223. The van der Waals surface area contributed by atoms with Gasteiger partial charge in [-0.3, -0.25) is 0 Å². The molecule has 17 heavy (non-hydrogen) atoms. The molecule has 1 aliphatic carbocycles. The minimum atomic E-state index is 0.338. The maximum absolute atomic E-state index is 5.54. The van der Waals surface area contributed by atoms with Gasteiger partial charge in [-0.1, -0.05) is 6.07 Å². The molecule has 0 heterocycles. The lowest BCUT2D eigenvalue weighted by Crippen LogP contribution is -2.21. The van der Waals surface area contributed by atoms with Crippen molar-refractivity contribution >= 4 is 0 Å². The first-order chi connectivity index (χ1) is 8.35. The number of fused-ring (bicyclic) bond motifs is 1. The van der Waals surface area contributed by atoms with E-state index >= 15 is 0 Å². The molecule has 0 fully saturated rings. The van der Waals surface area contributed by atoms with Crippen molar-refractivity contribution in [2.45, 2.75) is 32.2 Å². The zero-order valence-corrected chi connectivity index (χ0v) is 10.7. The Bertz CT molecular complexity index is 365. The van der Waals surface area contributed by atoms with Gasteiger partial charge in [0.05, 0.1) is 0 Å². The van der Waals surface area contributed by atoms with Crippen molar-refractivity contribution in [1.29, 1.82) is 0 Å². The maximum atomic E-state index is 5.54. The molecule has 0 aliphatic heterocycles. The highest BCUT2D eigenvalue weighted by Gasteiger charge is 2.18. The number of nitrogens with one attached hydrogen (secondary N) is 1. The molecule has 3 nitrogen and oxygen atoms in total. The van der Waals surface area contributed by atoms with Crippen molar-refractivity contribution in [2.24, 2.45) is 0 Å². The molecule has 3 heteroatoms. The summed E-state index contributed by atoms with van der Waals surface area (Å²) in [6, 6.07) is 6.86. The van der Waals surface area contributed by atoms with Crippen molar-refractivity contribution in [2.75, 3.05) is 20.4 Å². The Kier molecular flexibility index (Phi) is 4.40. The Morgan fingerprint density at radius 3 is 3.06 bits per heavy atom. The molecule has 94 valence electrons. The fourth-order valence-electron chi connectivity index (χ4n) is 2.37. The first-order valence-electron chi connectivity index (χ1n) is 6.35. The predicted octanol–water partition coefficient (Wildman–Crippen LogP) is 2.66. The van der Waals surface area contributed by atoms with Gasteiger partial charge in [0, 0.05) is 12.6 Å². The summed E-state index contributed by atoms with van der Waals surface area (Å²) in [6.07, 6.45) is 3.62. The van der Waals surface area contributed by atoms with E-state index < -0.39 is 0 Å². The number of aryl methyl sites for hydroxylation is 1. The lowest BCUT2D eigenvalue weighted by atomic mass is 9.87. The summed E-state index contributed by atoms with van der Waals surface area (Å²) in [5.74, 6) is 0.911. The number of hydrogen-bond donors (Lipinski definition) is 1. The van der Waals surface area contributed by atoms with Gasteiger partial charge in [-0.2, -0.15) is 0 Å². The molecule has 0 aromatic heterocycles. The molecule has 0 saturated carbocycles. The molecular weight excluding hydrogens is 214 g/mol. The normalized spacial score (nSPS) is 18.8. The number of ether oxygens (including phenoxy) is 2. The fourth-order valence-corrected chi connectivity index (χ4v) is 2.37. The highest BCUT2D eigenvalue weighted by molar-refractivity contribution is 5.39. The molecule has 0 amide bonds. The molecular formula is C14H21NO2. The highest BCUT2D eigenvalue weighted by Crippen LogP contribution is 2.31. The average Bonchev–Trinajstić information content (AvgIpc) is 2.38. The van der Waals surface area contributed by atoms with Gasteiger partial charge in [-0.15, -0.1) is 0 Å². The van der Waals surface area contributed by atoms with Crippen LogP contribution < -0.4 is 10.1 Å². The van der Waals surface area contributed by atoms with E-state index in [1.54, 1.807) is 0 Å². The van der Waals surface area contributed by atoms with Crippen molar-refractivity contribution in [3.8, 4) is 5.75 Å². The summed E-state index contributed by atoms with van der Waals surface area (Å²) in [4.78, 5) is 0. The Morgan fingerprint density at radius 1 is 1.41 bits per heavy atom. The van der Waals surface area contributed by atoms with Crippen LogP contribution in [0.15, 0.2) is 18.2 Å². The number of rotatable bonds is 5. The Balaban J connectivity index is 2.08. The fraction of sp³-hybridized carbons (Fsp3) is 0.571. The quantitative estimate of drug-likeness (QED) is 0.628. The second-order valence-electron chi connectivity index (χ2n) is 4.35. The van der Waals surface area contributed by atoms with Gasteiger partial charge in [0.25, 0.3) is 0 Å². The maximum Gasteiger partial charge on any atom is 0.189 e. The summed E-state index contributed by atoms with van der Waals surface area (Å²) in [6.45, 7) is 2.99. The SMILES string of the molecule is CCOCOc1ccc2c(c1)CCCC2NC. The number of hydrogen-bond acceptors (Lipinski definition) is 3. The summed E-state index contributed by atoms with van der Waals surface area (Å²) in [5.41, 5.74) is 2.83. The molecule has 1 aromatic rings. The first-order valence-corrected chi connectivity index (χ1v) is 6.35. The molecule has 1 atom stereocenters. The molecule has 0 spiro atoms. The van der Waals surface area contributed by atoms with Crippen LogP contribution in [0.2, 0.25) is 0 Å². The van der Waals surface area contributed by atoms with Gasteiger partial charge in [-0.05, 0) is 56.5 Å². The van der Waals surface area contributed by atoms with E-state index in [9.17, 15) is 0 Å². The van der Waals surface area contributed by atoms with Crippen LogP contribution in [0, 0.1) is 0 Å². The molecule has 0 radical (unpaired) electrons. The lowest BCUT2D eigenvalue weighted by Gasteiger charge is -2.25. The third-order valence-electron chi connectivity index (χ3n) is 3.29. The van der Waals surface area contributed by atoms with E-state index in [4.69, 9.17) is 9.47 Å². The average molecular weight is 235 g/mol. The van der Waals surface area contributed by atoms with Gasteiger partial charge >= 0.3 is 0 Å². The van der Waals surface area contributed by atoms with Crippen LogP contribution in [0.1, 0.15) is 36.9 Å². The van der Waals surface area contributed by atoms with Gasteiger partial charge < -0.3 is 14.8 Å². The summed E-state index contributed by atoms with van der Waals surface area (Å²) >= 11 is 0. The zero-order valence-electron chi connectivity index (χ0n) is 10.7. The Hall–Kier alpha value is -1.06.